The second-order valence-corrected chi connectivity index (χ2v) is 12.4. The van der Waals surface area contributed by atoms with Crippen LogP contribution in [-0.2, 0) is 17.8 Å². The van der Waals surface area contributed by atoms with Gasteiger partial charge in [-0.25, -0.2) is 0 Å². The first kappa shape index (κ1) is 36.3. The second-order valence-electron chi connectivity index (χ2n) is 11.5. The predicted molar refractivity (Wildman–Crippen MR) is 188 cm³/mol. The van der Waals surface area contributed by atoms with Crippen LogP contribution in [0.25, 0.3) is 0 Å². The Morgan fingerprint density at radius 1 is 0.833 bits per heavy atom. The van der Waals surface area contributed by atoms with E-state index in [9.17, 15) is 4.79 Å². The number of rotatable bonds is 22. The highest BCUT2D eigenvalue weighted by molar-refractivity contribution is 8.93. The van der Waals surface area contributed by atoms with Crippen molar-refractivity contribution in [2.24, 2.45) is 0 Å². The van der Waals surface area contributed by atoms with Crippen LogP contribution in [-0.4, -0.2) is 29.8 Å². The topological polar surface area (TPSA) is 32.8 Å². The van der Waals surface area contributed by atoms with E-state index in [0.717, 1.165) is 43.3 Å². The predicted octanol–water partition coefficient (Wildman–Crippen LogP) is 10.7. The van der Waals surface area contributed by atoms with E-state index in [0.29, 0.717) is 6.54 Å². The molecule has 0 aromatic heterocycles. The van der Waals surface area contributed by atoms with Crippen LogP contribution in [0.15, 0.2) is 60.1 Å². The number of unbranched alkanes of at least 4 members (excludes halogenated alkanes) is 13. The van der Waals surface area contributed by atoms with Crippen molar-refractivity contribution in [1.82, 2.24) is 4.90 Å². The number of thioether (sulfide) groups is 1. The molecule has 1 amide bonds. The van der Waals surface area contributed by atoms with Crippen molar-refractivity contribution < 1.29 is 9.53 Å². The molecule has 3 rings (SSSR count). The van der Waals surface area contributed by atoms with Gasteiger partial charge in [0.1, 0.15) is 5.75 Å². The monoisotopic (exact) mass is 658 g/mol. The van der Waals surface area contributed by atoms with Gasteiger partial charge < -0.3 is 14.5 Å². The van der Waals surface area contributed by atoms with Gasteiger partial charge in [0.05, 0.1) is 12.5 Å². The quantitative estimate of drug-likeness (QED) is 0.118. The summed E-state index contributed by atoms with van der Waals surface area (Å²) in [6, 6.07) is 16.8. The molecule has 0 N–H and O–H groups in total. The molecule has 0 aliphatic carbocycles. The fourth-order valence-electron chi connectivity index (χ4n) is 5.41. The third kappa shape index (κ3) is 15.0. The number of ether oxygens (including phenoxy) is 1. The summed E-state index contributed by atoms with van der Waals surface area (Å²) in [5.41, 5.74) is 3.41. The second kappa shape index (κ2) is 22.6. The molecule has 42 heavy (non-hydrogen) atoms. The van der Waals surface area contributed by atoms with Crippen LogP contribution in [0.1, 0.15) is 115 Å². The van der Waals surface area contributed by atoms with Crippen molar-refractivity contribution in [1.29, 1.82) is 0 Å². The van der Waals surface area contributed by atoms with Crippen molar-refractivity contribution >= 4 is 40.3 Å². The Bertz CT molecular complexity index is 1010. The van der Waals surface area contributed by atoms with E-state index >= 15 is 0 Å². The summed E-state index contributed by atoms with van der Waals surface area (Å²) in [5.74, 6) is 2.00. The molecule has 2 aromatic carbocycles. The smallest absolute Gasteiger partial charge is 0.223 e. The molecule has 1 aliphatic heterocycles. The molecule has 0 radical (unpaired) electrons. The number of amides is 1. The Kier molecular flexibility index (Phi) is 19.5. The largest absolute Gasteiger partial charge is 0.494 e. The van der Waals surface area contributed by atoms with Gasteiger partial charge in [-0.2, -0.15) is 0 Å². The summed E-state index contributed by atoms with van der Waals surface area (Å²) in [7, 11) is 0. The molecular weight excluding hydrogens is 604 g/mol. The number of halogens is 1. The molecule has 1 heterocycles. The Morgan fingerprint density at radius 2 is 1.45 bits per heavy atom. The highest BCUT2D eigenvalue weighted by Gasteiger charge is 2.13. The average molecular weight is 660 g/mol. The van der Waals surface area contributed by atoms with Crippen molar-refractivity contribution in [3.05, 3.63) is 71.3 Å². The first-order valence-corrected chi connectivity index (χ1v) is 17.3. The zero-order valence-corrected chi connectivity index (χ0v) is 28.8. The Balaban J connectivity index is 0.00000616. The summed E-state index contributed by atoms with van der Waals surface area (Å²) in [5, 5.41) is 2.13. The maximum absolute atomic E-state index is 12.5. The fourth-order valence-corrected chi connectivity index (χ4v) is 6.13. The van der Waals surface area contributed by atoms with E-state index in [-0.39, 0.29) is 22.9 Å². The maximum atomic E-state index is 12.5. The van der Waals surface area contributed by atoms with Crippen LogP contribution in [0.4, 0.5) is 5.69 Å². The van der Waals surface area contributed by atoms with Crippen molar-refractivity contribution in [2.45, 2.75) is 117 Å². The summed E-state index contributed by atoms with van der Waals surface area (Å²) in [6.45, 7) is 6.26. The number of carbonyl (C=O) groups is 1. The van der Waals surface area contributed by atoms with Crippen LogP contribution in [0.3, 0.4) is 0 Å². The molecule has 0 bridgehead atoms. The van der Waals surface area contributed by atoms with Gasteiger partial charge in [0, 0.05) is 31.9 Å². The van der Waals surface area contributed by atoms with Crippen LogP contribution in [0, 0.1) is 0 Å². The number of hydrogen-bond donors (Lipinski definition) is 0. The van der Waals surface area contributed by atoms with E-state index in [4.69, 9.17) is 4.74 Å². The average Bonchev–Trinajstić information content (AvgIpc) is 3.49. The zero-order chi connectivity index (χ0) is 29.0. The third-order valence-corrected chi connectivity index (χ3v) is 8.71. The molecule has 0 unspecified atom stereocenters. The van der Waals surface area contributed by atoms with E-state index in [2.05, 4.69) is 65.9 Å². The first-order chi connectivity index (χ1) is 20.2. The van der Waals surface area contributed by atoms with Gasteiger partial charge in [-0.05, 0) is 53.6 Å². The van der Waals surface area contributed by atoms with Crippen LogP contribution in [0.5, 0.6) is 5.75 Å². The summed E-state index contributed by atoms with van der Waals surface area (Å²) >= 11 is 1.81. The lowest BCUT2D eigenvalue weighted by Crippen LogP contribution is -2.30. The lowest BCUT2D eigenvalue weighted by Gasteiger charge is -2.23. The van der Waals surface area contributed by atoms with Crippen molar-refractivity contribution in [2.75, 3.05) is 23.9 Å². The molecule has 0 fully saturated rings. The normalized spacial score (nSPS) is 12.4. The standard InChI is InChI=1S/C36H54N2O2S.BrH/c1-3-4-5-6-7-8-9-10-11-12-13-14-15-16-27-40-36-22-20-33(21-23-36)24-25-38(32(2)39)35-19-17-18-34(29-35)30-37-26-28-41-31-37;/h17-23,26,28-29H,3-16,24-25,27,30-31H2,1-2H3;1H. The van der Waals surface area contributed by atoms with Crippen molar-refractivity contribution in [3.63, 3.8) is 0 Å². The van der Waals surface area contributed by atoms with E-state index in [1.165, 1.54) is 94.6 Å². The number of anilines is 1. The highest BCUT2D eigenvalue weighted by Crippen LogP contribution is 2.22. The Labute approximate surface area is 271 Å². The van der Waals surface area contributed by atoms with Gasteiger partial charge >= 0.3 is 0 Å². The molecule has 0 saturated heterocycles. The van der Waals surface area contributed by atoms with Crippen molar-refractivity contribution in [3.8, 4) is 5.75 Å². The molecular formula is C36H55BrN2O2S. The van der Waals surface area contributed by atoms with Gasteiger partial charge in [-0.1, -0.05) is 115 Å². The third-order valence-electron chi connectivity index (χ3n) is 7.91. The van der Waals surface area contributed by atoms with Crippen LogP contribution in [0.2, 0.25) is 0 Å². The van der Waals surface area contributed by atoms with E-state index in [1.807, 2.05) is 22.7 Å². The molecule has 234 valence electrons. The SMILES string of the molecule is Br.CCCCCCCCCCCCCCCCOc1ccc(CCN(C(C)=O)c2cccc(CN3C=CSC3)c2)cc1. The number of nitrogens with zero attached hydrogens (tertiary/aromatic N) is 2. The minimum absolute atomic E-state index is 0. The summed E-state index contributed by atoms with van der Waals surface area (Å²) in [4.78, 5) is 16.6. The van der Waals surface area contributed by atoms with Crippen LogP contribution < -0.4 is 9.64 Å². The first-order valence-electron chi connectivity index (χ1n) is 16.3. The lowest BCUT2D eigenvalue weighted by atomic mass is 10.0. The Hall–Kier alpha value is -1.92. The van der Waals surface area contributed by atoms with E-state index in [1.54, 1.807) is 6.92 Å². The van der Waals surface area contributed by atoms with Gasteiger partial charge in [0.15, 0.2) is 0 Å². The molecule has 4 nitrogen and oxygen atoms in total. The van der Waals surface area contributed by atoms with Gasteiger partial charge in [-0.3, -0.25) is 4.79 Å². The number of hydrogen-bond acceptors (Lipinski definition) is 4. The molecule has 0 atom stereocenters. The molecule has 0 saturated carbocycles. The minimum Gasteiger partial charge on any atom is -0.494 e. The highest BCUT2D eigenvalue weighted by atomic mass is 79.9. The molecule has 1 aliphatic rings. The lowest BCUT2D eigenvalue weighted by molar-refractivity contribution is -0.116. The summed E-state index contributed by atoms with van der Waals surface area (Å²) in [6.07, 6.45) is 22.1. The number of benzene rings is 2. The van der Waals surface area contributed by atoms with Gasteiger partial charge in [-0.15, -0.1) is 28.7 Å². The van der Waals surface area contributed by atoms with E-state index < -0.39 is 0 Å². The van der Waals surface area contributed by atoms with Gasteiger partial charge in [0.2, 0.25) is 5.91 Å². The Morgan fingerprint density at radius 3 is 2.02 bits per heavy atom. The fraction of sp³-hybridized carbons (Fsp3) is 0.583. The van der Waals surface area contributed by atoms with Crippen LogP contribution >= 0.6 is 28.7 Å². The number of carbonyl (C=O) groups excluding carboxylic acids is 1. The summed E-state index contributed by atoms with van der Waals surface area (Å²) < 4.78 is 5.99. The molecule has 6 heteroatoms. The zero-order valence-electron chi connectivity index (χ0n) is 26.2. The molecule has 0 spiro atoms. The maximum Gasteiger partial charge on any atom is 0.223 e. The molecule has 2 aromatic rings. The van der Waals surface area contributed by atoms with Gasteiger partial charge in [0.25, 0.3) is 0 Å². The minimum atomic E-state index is 0.